The molecule has 0 atom stereocenters. The SMILES string of the molecule is COc1ccc(C(=O)Cn2c(-c3ccc(OC)cc3)c(-c3ccc(OC)cc3)oc2=O)cc1. The fraction of sp³-hybridized carbons (Fsp3) is 0.154. The zero-order valence-electron chi connectivity index (χ0n) is 18.5. The van der Waals surface area contributed by atoms with Gasteiger partial charge in [-0.25, -0.2) is 4.79 Å². The van der Waals surface area contributed by atoms with Gasteiger partial charge in [0.25, 0.3) is 0 Å². The maximum Gasteiger partial charge on any atom is 0.420 e. The Bertz CT molecular complexity index is 1300. The van der Waals surface area contributed by atoms with Crippen LogP contribution in [0, 0.1) is 0 Å². The van der Waals surface area contributed by atoms with Crippen LogP contribution in [0.2, 0.25) is 0 Å². The lowest BCUT2D eigenvalue weighted by Crippen LogP contribution is -2.21. The van der Waals surface area contributed by atoms with Crippen LogP contribution in [-0.2, 0) is 6.54 Å². The van der Waals surface area contributed by atoms with Crippen LogP contribution < -0.4 is 20.0 Å². The van der Waals surface area contributed by atoms with Gasteiger partial charge in [-0.2, -0.15) is 0 Å². The molecule has 4 aromatic rings. The second-order valence-corrected chi connectivity index (χ2v) is 7.24. The highest BCUT2D eigenvalue weighted by Gasteiger charge is 2.22. The fourth-order valence-electron chi connectivity index (χ4n) is 3.53. The molecule has 7 heteroatoms. The summed E-state index contributed by atoms with van der Waals surface area (Å²) in [4.78, 5) is 25.9. The van der Waals surface area contributed by atoms with Crippen LogP contribution in [0.15, 0.2) is 82.0 Å². The second kappa shape index (κ2) is 9.48. The number of aromatic nitrogens is 1. The van der Waals surface area contributed by atoms with Gasteiger partial charge in [-0.15, -0.1) is 0 Å². The molecular formula is C26H23NO6. The molecule has 7 nitrogen and oxygen atoms in total. The van der Waals surface area contributed by atoms with E-state index in [2.05, 4.69) is 0 Å². The number of hydrogen-bond donors (Lipinski definition) is 0. The summed E-state index contributed by atoms with van der Waals surface area (Å²) < 4.78 is 22.6. The van der Waals surface area contributed by atoms with E-state index < -0.39 is 5.76 Å². The molecule has 0 aliphatic rings. The van der Waals surface area contributed by atoms with Gasteiger partial charge in [0.2, 0.25) is 0 Å². The van der Waals surface area contributed by atoms with E-state index in [1.54, 1.807) is 82.0 Å². The summed E-state index contributed by atoms with van der Waals surface area (Å²) in [6.45, 7) is -0.174. The summed E-state index contributed by atoms with van der Waals surface area (Å²) in [7, 11) is 4.72. The number of ether oxygens (including phenoxy) is 3. The molecule has 0 aliphatic heterocycles. The van der Waals surface area contributed by atoms with Crippen LogP contribution in [0.5, 0.6) is 17.2 Å². The quantitative estimate of drug-likeness (QED) is 0.366. The molecule has 168 valence electrons. The van der Waals surface area contributed by atoms with E-state index in [4.69, 9.17) is 18.6 Å². The molecule has 0 fully saturated rings. The summed E-state index contributed by atoms with van der Waals surface area (Å²) in [6, 6.07) is 21.2. The first-order valence-electron chi connectivity index (χ1n) is 10.2. The van der Waals surface area contributed by atoms with Crippen LogP contribution in [0.4, 0.5) is 0 Å². The minimum absolute atomic E-state index is 0.174. The predicted octanol–water partition coefficient (Wildman–Crippen LogP) is 4.68. The Morgan fingerprint density at radius 3 is 1.67 bits per heavy atom. The Morgan fingerprint density at radius 2 is 1.18 bits per heavy atom. The van der Waals surface area contributed by atoms with Crippen molar-refractivity contribution in [3.63, 3.8) is 0 Å². The molecule has 33 heavy (non-hydrogen) atoms. The van der Waals surface area contributed by atoms with E-state index in [9.17, 15) is 9.59 Å². The molecule has 1 heterocycles. The number of carbonyl (C=O) groups is 1. The first-order valence-corrected chi connectivity index (χ1v) is 10.2. The molecule has 0 unspecified atom stereocenters. The Morgan fingerprint density at radius 1 is 0.727 bits per heavy atom. The third-order valence-corrected chi connectivity index (χ3v) is 5.32. The molecule has 0 amide bonds. The minimum atomic E-state index is -0.617. The third kappa shape index (κ3) is 4.52. The minimum Gasteiger partial charge on any atom is -0.497 e. The van der Waals surface area contributed by atoms with Crippen molar-refractivity contribution >= 4 is 5.78 Å². The molecule has 1 aromatic heterocycles. The fourth-order valence-corrected chi connectivity index (χ4v) is 3.53. The molecular weight excluding hydrogens is 422 g/mol. The van der Waals surface area contributed by atoms with Crippen LogP contribution >= 0.6 is 0 Å². The van der Waals surface area contributed by atoms with Gasteiger partial charge in [-0.3, -0.25) is 9.36 Å². The van der Waals surface area contributed by atoms with Crippen molar-refractivity contribution in [2.24, 2.45) is 0 Å². The van der Waals surface area contributed by atoms with Crippen LogP contribution in [0.25, 0.3) is 22.6 Å². The summed E-state index contributed by atoms with van der Waals surface area (Å²) in [5, 5.41) is 0. The number of benzene rings is 3. The molecule has 0 bridgehead atoms. The van der Waals surface area contributed by atoms with Gasteiger partial charge in [-0.05, 0) is 72.8 Å². The number of rotatable bonds is 8. The average Bonchev–Trinajstić information content (AvgIpc) is 3.19. The number of methoxy groups -OCH3 is 3. The van der Waals surface area contributed by atoms with Gasteiger partial charge in [0.1, 0.15) is 17.2 Å². The van der Waals surface area contributed by atoms with Crippen LogP contribution in [0.3, 0.4) is 0 Å². The smallest absolute Gasteiger partial charge is 0.420 e. The first kappa shape index (κ1) is 22.0. The zero-order chi connectivity index (χ0) is 23.4. The maximum absolute atomic E-state index is 13.0. The number of Topliss-reactive ketones (excluding diaryl/α,β-unsaturated/α-hetero) is 1. The third-order valence-electron chi connectivity index (χ3n) is 5.32. The summed E-state index contributed by atoms with van der Waals surface area (Å²) in [6.07, 6.45) is 0. The van der Waals surface area contributed by atoms with E-state index >= 15 is 0 Å². The van der Waals surface area contributed by atoms with E-state index in [1.807, 2.05) is 12.1 Å². The van der Waals surface area contributed by atoms with E-state index in [0.29, 0.717) is 39.8 Å². The number of ketones is 1. The first-order chi connectivity index (χ1) is 16.0. The van der Waals surface area contributed by atoms with Crippen molar-refractivity contribution < 1.29 is 23.4 Å². The lowest BCUT2D eigenvalue weighted by molar-refractivity contribution is 0.0970. The largest absolute Gasteiger partial charge is 0.497 e. The molecule has 0 saturated carbocycles. The number of hydrogen-bond acceptors (Lipinski definition) is 6. The standard InChI is InChI=1S/C26H23NO6/c1-30-20-10-4-17(5-11-20)23(28)16-27-24(18-6-12-21(31-2)13-7-18)25(33-26(27)29)19-8-14-22(32-3)15-9-19/h4-15H,16H2,1-3H3. The number of carbonyl (C=O) groups excluding carboxylic acids is 1. The topological polar surface area (TPSA) is 79.9 Å². The second-order valence-electron chi connectivity index (χ2n) is 7.24. The van der Waals surface area contributed by atoms with Gasteiger partial charge in [-0.1, -0.05) is 0 Å². The van der Waals surface area contributed by atoms with E-state index in [0.717, 1.165) is 5.56 Å². The van der Waals surface area contributed by atoms with Crippen molar-refractivity contribution in [2.45, 2.75) is 6.54 Å². The van der Waals surface area contributed by atoms with Crippen molar-refractivity contribution in [3.8, 4) is 39.8 Å². The monoisotopic (exact) mass is 445 g/mol. The van der Waals surface area contributed by atoms with Gasteiger partial charge < -0.3 is 18.6 Å². The molecule has 0 N–H and O–H groups in total. The van der Waals surface area contributed by atoms with E-state index in [1.165, 1.54) is 4.57 Å². The van der Waals surface area contributed by atoms with Crippen molar-refractivity contribution in [2.75, 3.05) is 21.3 Å². The van der Waals surface area contributed by atoms with Gasteiger partial charge in [0.15, 0.2) is 11.5 Å². The lowest BCUT2D eigenvalue weighted by Gasteiger charge is -2.10. The molecule has 0 aliphatic carbocycles. The Balaban J connectivity index is 1.80. The predicted molar refractivity (Wildman–Crippen MR) is 124 cm³/mol. The Hall–Kier alpha value is -4.26. The molecule has 0 spiro atoms. The summed E-state index contributed by atoms with van der Waals surface area (Å²) in [5.74, 6) is 1.53. The number of oxazole rings is 1. The highest BCUT2D eigenvalue weighted by atomic mass is 16.5. The van der Waals surface area contributed by atoms with Crippen molar-refractivity contribution in [1.29, 1.82) is 0 Å². The van der Waals surface area contributed by atoms with E-state index in [-0.39, 0.29) is 12.3 Å². The molecule has 0 saturated heterocycles. The normalized spacial score (nSPS) is 10.6. The number of nitrogens with zero attached hydrogens (tertiary/aromatic N) is 1. The Kier molecular flexibility index (Phi) is 6.31. The Labute approximate surface area is 190 Å². The maximum atomic E-state index is 13.0. The van der Waals surface area contributed by atoms with Gasteiger partial charge in [0, 0.05) is 16.7 Å². The highest BCUT2D eigenvalue weighted by molar-refractivity contribution is 5.96. The molecule has 0 radical (unpaired) electrons. The highest BCUT2D eigenvalue weighted by Crippen LogP contribution is 2.33. The van der Waals surface area contributed by atoms with Crippen molar-refractivity contribution in [1.82, 2.24) is 4.57 Å². The lowest BCUT2D eigenvalue weighted by atomic mass is 10.0. The zero-order valence-corrected chi connectivity index (χ0v) is 18.5. The van der Waals surface area contributed by atoms with Crippen molar-refractivity contribution in [3.05, 3.63) is 88.9 Å². The van der Waals surface area contributed by atoms with Gasteiger partial charge >= 0.3 is 5.76 Å². The summed E-state index contributed by atoms with van der Waals surface area (Å²) in [5.41, 5.74) is 2.38. The average molecular weight is 445 g/mol. The van der Waals surface area contributed by atoms with Gasteiger partial charge in [0.05, 0.1) is 33.6 Å². The molecule has 3 aromatic carbocycles. The van der Waals surface area contributed by atoms with Crippen LogP contribution in [0.1, 0.15) is 10.4 Å². The van der Waals surface area contributed by atoms with Crippen LogP contribution in [-0.4, -0.2) is 31.7 Å². The molecule has 4 rings (SSSR count). The summed E-state index contributed by atoms with van der Waals surface area (Å²) >= 11 is 0.